The third kappa shape index (κ3) is 4.09. The molecule has 0 amide bonds. The van der Waals surface area contributed by atoms with E-state index in [2.05, 4.69) is 31.2 Å². The third-order valence-corrected chi connectivity index (χ3v) is 2.17. The molecule has 2 atom stereocenters. The average molecular weight is 178 g/mol. The van der Waals surface area contributed by atoms with Crippen LogP contribution in [-0.2, 0) is 6.42 Å². The smallest absolute Gasteiger partial charge is 0.0514 e. The summed E-state index contributed by atoms with van der Waals surface area (Å²) in [6, 6.07) is 10.4. The van der Waals surface area contributed by atoms with Gasteiger partial charge in [-0.15, -0.1) is 0 Å². The molecule has 2 unspecified atom stereocenters. The molecule has 0 radical (unpaired) electrons. The van der Waals surface area contributed by atoms with Crippen molar-refractivity contribution in [1.82, 2.24) is 0 Å². The molecule has 0 aromatic heterocycles. The lowest BCUT2D eigenvalue weighted by atomic mass is 9.96. The van der Waals surface area contributed by atoms with Crippen molar-refractivity contribution in [3.05, 3.63) is 35.9 Å². The standard InChI is InChI=1S/C12H18O/c1-10(8-11(2)13)9-12-6-4-3-5-7-12/h3-7,10-11,13H,8-9H2,1-2H3. The van der Waals surface area contributed by atoms with E-state index in [1.54, 1.807) is 0 Å². The Morgan fingerprint density at radius 2 is 1.77 bits per heavy atom. The van der Waals surface area contributed by atoms with Crippen LogP contribution in [0.4, 0.5) is 0 Å². The summed E-state index contributed by atoms with van der Waals surface area (Å²) in [6.45, 7) is 4.03. The van der Waals surface area contributed by atoms with Crippen molar-refractivity contribution < 1.29 is 5.11 Å². The first kappa shape index (κ1) is 10.3. The molecule has 0 heterocycles. The molecule has 1 nitrogen and oxygen atoms in total. The molecule has 0 saturated carbocycles. The Bertz CT molecular complexity index is 228. The highest BCUT2D eigenvalue weighted by atomic mass is 16.3. The zero-order chi connectivity index (χ0) is 9.68. The van der Waals surface area contributed by atoms with Crippen molar-refractivity contribution in [2.24, 2.45) is 5.92 Å². The monoisotopic (exact) mass is 178 g/mol. The Labute approximate surface area is 80.4 Å². The lowest BCUT2D eigenvalue weighted by Gasteiger charge is -2.12. The Morgan fingerprint density at radius 3 is 2.31 bits per heavy atom. The van der Waals surface area contributed by atoms with Crippen LogP contribution >= 0.6 is 0 Å². The van der Waals surface area contributed by atoms with Gasteiger partial charge >= 0.3 is 0 Å². The fourth-order valence-electron chi connectivity index (χ4n) is 1.68. The van der Waals surface area contributed by atoms with Gasteiger partial charge in [-0.25, -0.2) is 0 Å². The highest BCUT2D eigenvalue weighted by Crippen LogP contribution is 2.13. The first-order valence-electron chi connectivity index (χ1n) is 4.90. The minimum Gasteiger partial charge on any atom is -0.393 e. The van der Waals surface area contributed by atoms with Gasteiger partial charge in [0, 0.05) is 0 Å². The second kappa shape index (κ2) is 5.03. The fraction of sp³-hybridized carbons (Fsp3) is 0.500. The number of benzene rings is 1. The van der Waals surface area contributed by atoms with Crippen LogP contribution in [0.3, 0.4) is 0 Å². The van der Waals surface area contributed by atoms with Gasteiger partial charge < -0.3 is 5.11 Å². The lowest BCUT2D eigenvalue weighted by molar-refractivity contribution is 0.164. The quantitative estimate of drug-likeness (QED) is 0.751. The summed E-state index contributed by atoms with van der Waals surface area (Å²) in [5.74, 6) is 0.558. The largest absolute Gasteiger partial charge is 0.393 e. The molecule has 72 valence electrons. The van der Waals surface area contributed by atoms with Crippen LogP contribution in [0.2, 0.25) is 0 Å². The maximum absolute atomic E-state index is 9.20. The molecule has 0 aliphatic heterocycles. The molecule has 1 rings (SSSR count). The van der Waals surface area contributed by atoms with Gasteiger partial charge in [-0.1, -0.05) is 37.3 Å². The molecule has 1 heteroatoms. The minimum absolute atomic E-state index is 0.182. The van der Waals surface area contributed by atoms with E-state index in [1.165, 1.54) is 5.56 Å². The van der Waals surface area contributed by atoms with Crippen LogP contribution in [0, 0.1) is 5.92 Å². The van der Waals surface area contributed by atoms with E-state index in [0.717, 1.165) is 12.8 Å². The normalized spacial score (nSPS) is 15.3. The maximum Gasteiger partial charge on any atom is 0.0514 e. The van der Waals surface area contributed by atoms with Gasteiger partial charge in [0.2, 0.25) is 0 Å². The van der Waals surface area contributed by atoms with Crippen molar-refractivity contribution >= 4 is 0 Å². The fourth-order valence-corrected chi connectivity index (χ4v) is 1.68. The van der Waals surface area contributed by atoms with Crippen LogP contribution < -0.4 is 0 Å². The molecular weight excluding hydrogens is 160 g/mol. The maximum atomic E-state index is 9.20. The molecular formula is C12H18O. The molecule has 0 aliphatic carbocycles. The lowest BCUT2D eigenvalue weighted by Crippen LogP contribution is -2.09. The zero-order valence-corrected chi connectivity index (χ0v) is 8.40. The molecule has 1 aromatic carbocycles. The number of aliphatic hydroxyl groups excluding tert-OH is 1. The molecule has 0 saturated heterocycles. The van der Waals surface area contributed by atoms with E-state index in [4.69, 9.17) is 0 Å². The Kier molecular flexibility index (Phi) is 3.97. The van der Waals surface area contributed by atoms with Crippen molar-refractivity contribution in [3.63, 3.8) is 0 Å². The molecule has 0 spiro atoms. The second-order valence-corrected chi connectivity index (χ2v) is 3.88. The summed E-state index contributed by atoms with van der Waals surface area (Å²) >= 11 is 0. The van der Waals surface area contributed by atoms with Gasteiger partial charge in [-0.05, 0) is 31.2 Å². The summed E-state index contributed by atoms with van der Waals surface area (Å²) in [5, 5.41) is 9.20. The van der Waals surface area contributed by atoms with Gasteiger partial charge in [0.1, 0.15) is 0 Å². The van der Waals surface area contributed by atoms with Crippen LogP contribution in [0.15, 0.2) is 30.3 Å². The van der Waals surface area contributed by atoms with Gasteiger partial charge in [0.15, 0.2) is 0 Å². The van der Waals surface area contributed by atoms with Crippen molar-refractivity contribution in [1.29, 1.82) is 0 Å². The molecule has 0 bridgehead atoms. The van der Waals surface area contributed by atoms with E-state index in [1.807, 2.05) is 13.0 Å². The molecule has 0 fully saturated rings. The summed E-state index contributed by atoms with van der Waals surface area (Å²) in [5.41, 5.74) is 1.36. The Hall–Kier alpha value is -0.820. The topological polar surface area (TPSA) is 20.2 Å². The number of hydrogen-bond acceptors (Lipinski definition) is 1. The predicted octanol–water partition coefficient (Wildman–Crippen LogP) is 2.64. The summed E-state index contributed by atoms with van der Waals surface area (Å²) in [6.07, 6.45) is 1.76. The highest BCUT2D eigenvalue weighted by molar-refractivity contribution is 5.15. The van der Waals surface area contributed by atoms with Crippen molar-refractivity contribution in [3.8, 4) is 0 Å². The van der Waals surface area contributed by atoms with Gasteiger partial charge in [-0.2, -0.15) is 0 Å². The van der Waals surface area contributed by atoms with Crippen LogP contribution in [0.25, 0.3) is 0 Å². The molecule has 1 N–H and O–H groups in total. The SMILES string of the molecule is CC(O)CC(C)Cc1ccccc1. The average Bonchev–Trinajstić information content (AvgIpc) is 2.04. The van der Waals surface area contributed by atoms with Gasteiger partial charge in [0.05, 0.1) is 6.10 Å². The molecule has 1 aromatic rings. The number of aliphatic hydroxyl groups is 1. The van der Waals surface area contributed by atoms with Gasteiger partial charge in [0.25, 0.3) is 0 Å². The van der Waals surface area contributed by atoms with Crippen LogP contribution in [0.1, 0.15) is 25.8 Å². The van der Waals surface area contributed by atoms with Crippen LogP contribution in [0.5, 0.6) is 0 Å². The Balaban J connectivity index is 2.41. The first-order valence-corrected chi connectivity index (χ1v) is 4.90. The zero-order valence-electron chi connectivity index (χ0n) is 8.40. The van der Waals surface area contributed by atoms with Gasteiger partial charge in [-0.3, -0.25) is 0 Å². The summed E-state index contributed by atoms with van der Waals surface area (Å²) in [7, 11) is 0. The molecule has 13 heavy (non-hydrogen) atoms. The summed E-state index contributed by atoms with van der Waals surface area (Å²) < 4.78 is 0. The first-order chi connectivity index (χ1) is 6.18. The van der Waals surface area contributed by atoms with Crippen LogP contribution in [-0.4, -0.2) is 11.2 Å². The van der Waals surface area contributed by atoms with E-state index < -0.39 is 0 Å². The Morgan fingerprint density at radius 1 is 1.15 bits per heavy atom. The number of rotatable bonds is 4. The molecule has 0 aliphatic rings. The number of hydrogen-bond donors (Lipinski definition) is 1. The predicted molar refractivity (Wildman–Crippen MR) is 55.6 cm³/mol. The highest BCUT2D eigenvalue weighted by Gasteiger charge is 2.06. The van der Waals surface area contributed by atoms with Crippen molar-refractivity contribution in [2.45, 2.75) is 32.8 Å². The second-order valence-electron chi connectivity index (χ2n) is 3.88. The van der Waals surface area contributed by atoms with E-state index in [9.17, 15) is 5.11 Å². The van der Waals surface area contributed by atoms with E-state index in [0.29, 0.717) is 5.92 Å². The third-order valence-electron chi connectivity index (χ3n) is 2.17. The van der Waals surface area contributed by atoms with Crippen molar-refractivity contribution in [2.75, 3.05) is 0 Å². The van der Waals surface area contributed by atoms with E-state index in [-0.39, 0.29) is 6.10 Å². The summed E-state index contributed by atoms with van der Waals surface area (Å²) in [4.78, 5) is 0. The minimum atomic E-state index is -0.182. The van der Waals surface area contributed by atoms with E-state index >= 15 is 0 Å².